The molecule has 0 aliphatic carbocycles. The first-order valence-electron chi connectivity index (χ1n) is 12.5. The third-order valence-corrected chi connectivity index (χ3v) is 7.24. The Kier molecular flexibility index (Phi) is 5.12. The smallest absolute Gasteiger partial charge is 0.301 e. The Hall–Kier alpha value is -4.99. The minimum atomic E-state index is -4.49. The predicted octanol–water partition coefficient (Wildman–Crippen LogP) is 5.14. The van der Waals surface area contributed by atoms with E-state index < -0.39 is 11.7 Å². The minimum Gasteiger partial charge on any atom is -0.301 e. The Balaban J connectivity index is 1.22. The number of amides is 3. The standard InChI is InChI=1S/C30H19F3N4O3/c31-30(32,33)22-4-2-1-3-20(22)23-10-9-19(13-34-23)17-5-7-18(8-6-17)21-11-25(36-15-28(36)39)26(37-16-29(37)40)12-24(21)35-14-27(35)38/h1-13H,14-16H2. The van der Waals surface area contributed by atoms with Gasteiger partial charge in [0.15, 0.2) is 0 Å². The van der Waals surface area contributed by atoms with E-state index in [0.717, 1.165) is 28.3 Å². The summed E-state index contributed by atoms with van der Waals surface area (Å²) in [6, 6.07) is 19.8. The van der Waals surface area contributed by atoms with E-state index in [0.29, 0.717) is 17.1 Å². The molecule has 0 unspecified atom stereocenters. The molecule has 0 bridgehead atoms. The molecular formula is C30H19F3N4O3. The van der Waals surface area contributed by atoms with Gasteiger partial charge in [0.25, 0.3) is 0 Å². The molecule has 4 aromatic rings. The van der Waals surface area contributed by atoms with Gasteiger partial charge in [-0.05, 0) is 35.4 Å². The third-order valence-electron chi connectivity index (χ3n) is 7.24. The van der Waals surface area contributed by atoms with Crippen LogP contribution in [0.1, 0.15) is 5.56 Å². The Morgan fingerprint density at radius 1 is 0.600 bits per heavy atom. The number of aromatic nitrogens is 1. The summed E-state index contributed by atoms with van der Waals surface area (Å²) in [5.74, 6) is -0.117. The summed E-state index contributed by atoms with van der Waals surface area (Å²) in [7, 11) is 0. The molecule has 4 heterocycles. The monoisotopic (exact) mass is 540 g/mol. The number of hydrogen-bond donors (Lipinski definition) is 0. The number of alkyl halides is 3. The summed E-state index contributed by atoms with van der Waals surface area (Å²) in [4.78, 5) is 45.0. The zero-order valence-electron chi connectivity index (χ0n) is 20.8. The number of hydrogen-bond acceptors (Lipinski definition) is 4. The van der Waals surface area contributed by atoms with Crippen LogP contribution in [0.4, 0.5) is 30.2 Å². The molecule has 0 spiro atoms. The summed E-state index contributed by atoms with van der Waals surface area (Å²) in [5.41, 5.74) is 4.51. The Morgan fingerprint density at radius 2 is 1.12 bits per heavy atom. The van der Waals surface area contributed by atoms with E-state index in [-0.39, 0.29) is 48.6 Å². The second-order valence-electron chi connectivity index (χ2n) is 9.85. The van der Waals surface area contributed by atoms with Crippen molar-refractivity contribution in [3.63, 3.8) is 0 Å². The first-order chi connectivity index (χ1) is 19.2. The summed E-state index contributed by atoms with van der Waals surface area (Å²) in [5, 5.41) is 0. The number of halogens is 3. The second kappa shape index (κ2) is 8.51. The maximum Gasteiger partial charge on any atom is 0.417 e. The van der Waals surface area contributed by atoms with E-state index in [1.165, 1.54) is 18.3 Å². The number of anilines is 3. The van der Waals surface area contributed by atoms with Gasteiger partial charge in [0.2, 0.25) is 17.7 Å². The van der Waals surface area contributed by atoms with Crippen LogP contribution in [0.5, 0.6) is 0 Å². The number of carbonyl (C=O) groups is 3. The number of nitrogens with zero attached hydrogens (tertiary/aromatic N) is 4. The van der Waals surface area contributed by atoms with Crippen LogP contribution in [0, 0.1) is 0 Å². The second-order valence-corrected chi connectivity index (χ2v) is 9.85. The SMILES string of the molecule is O=C1CN1c1cc(N2CC2=O)c(N2CC2=O)cc1-c1ccc(-c2ccc(-c3ccccc3C(F)(F)F)nc2)cc1. The summed E-state index contributed by atoms with van der Waals surface area (Å²) >= 11 is 0. The Labute approximate surface area is 226 Å². The van der Waals surface area contributed by atoms with E-state index in [1.807, 2.05) is 30.3 Å². The molecule has 7 nitrogen and oxygen atoms in total. The highest BCUT2D eigenvalue weighted by molar-refractivity contribution is 6.21. The normalized spacial score (nSPS) is 16.1. The quantitative estimate of drug-likeness (QED) is 0.318. The van der Waals surface area contributed by atoms with Gasteiger partial charge in [0, 0.05) is 22.9 Å². The van der Waals surface area contributed by atoms with Crippen molar-refractivity contribution in [1.82, 2.24) is 4.98 Å². The minimum absolute atomic E-state index is 0.0161. The van der Waals surface area contributed by atoms with Crippen molar-refractivity contribution in [2.24, 2.45) is 0 Å². The first kappa shape index (κ1) is 24.1. The molecule has 3 aliphatic heterocycles. The van der Waals surface area contributed by atoms with E-state index in [2.05, 4.69) is 4.98 Å². The molecule has 7 rings (SSSR count). The highest BCUT2D eigenvalue weighted by Crippen LogP contribution is 2.47. The molecule has 3 amide bonds. The van der Waals surface area contributed by atoms with Gasteiger partial charge >= 0.3 is 6.18 Å². The fourth-order valence-electron chi connectivity index (χ4n) is 4.93. The molecule has 40 heavy (non-hydrogen) atoms. The van der Waals surface area contributed by atoms with Crippen molar-refractivity contribution in [2.45, 2.75) is 6.18 Å². The zero-order chi connectivity index (χ0) is 27.8. The van der Waals surface area contributed by atoms with Gasteiger partial charge in [0.05, 0.1) is 28.3 Å². The fourth-order valence-corrected chi connectivity index (χ4v) is 4.93. The number of carbonyl (C=O) groups excluding carboxylic acids is 3. The van der Waals surface area contributed by atoms with E-state index in [4.69, 9.17) is 0 Å². The number of benzene rings is 3. The van der Waals surface area contributed by atoms with Crippen molar-refractivity contribution in [3.8, 4) is 33.5 Å². The molecule has 0 radical (unpaired) electrons. The van der Waals surface area contributed by atoms with Crippen LogP contribution in [-0.4, -0.2) is 42.3 Å². The largest absolute Gasteiger partial charge is 0.417 e. The van der Waals surface area contributed by atoms with Crippen molar-refractivity contribution < 1.29 is 27.6 Å². The molecule has 0 saturated carbocycles. The van der Waals surface area contributed by atoms with Crippen LogP contribution in [-0.2, 0) is 20.6 Å². The highest BCUT2D eigenvalue weighted by Gasteiger charge is 2.42. The van der Waals surface area contributed by atoms with Crippen LogP contribution >= 0.6 is 0 Å². The van der Waals surface area contributed by atoms with Gasteiger partial charge in [-0.2, -0.15) is 13.2 Å². The lowest BCUT2D eigenvalue weighted by Crippen LogP contribution is -2.07. The lowest BCUT2D eigenvalue weighted by molar-refractivity contribution is -0.137. The van der Waals surface area contributed by atoms with Crippen molar-refractivity contribution >= 4 is 34.8 Å². The Bertz CT molecular complexity index is 1730. The van der Waals surface area contributed by atoms with E-state index in [9.17, 15) is 27.6 Å². The van der Waals surface area contributed by atoms with Crippen molar-refractivity contribution in [3.05, 3.63) is 84.6 Å². The fraction of sp³-hybridized carbons (Fsp3) is 0.133. The first-order valence-corrected chi connectivity index (χ1v) is 12.5. The number of rotatable bonds is 6. The zero-order valence-corrected chi connectivity index (χ0v) is 20.8. The molecule has 3 aromatic carbocycles. The van der Waals surface area contributed by atoms with Gasteiger partial charge in [0.1, 0.15) is 19.6 Å². The topological polar surface area (TPSA) is 73.1 Å². The van der Waals surface area contributed by atoms with Crippen molar-refractivity contribution in [2.75, 3.05) is 34.3 Å². The van der Waals surface area contributed by atoms with Gasteiger partial charge in [-0.25, -0.2) is 0 Å². The summed E-state index contributed by atoms with van der Waals surface area (Å²) < 4.78 is 40.3. The maximum absolute atomic E-state index is 13.4. The number of pyridine rings is 1. The van der Waals surface area contributed by atoms with E-state index >= 15 is 0 Å². The summed E-state index contributed by atoms with van der Waals surface area (Å²) in [6.07, 6.45) is -2.95. The lowest BCUT2D eigenvalue weighted by Gasteiger charge is -2.17. The Morgan fingerprint density at radius 3 is 1.68 bits per heavy atom. The highest BCUT2D eigenvalue weighted by atomic mass is 19.4. The maximum atomic E-state index is 13.4. The van der Waals surface area contributed by atoms with Crippen LogP contribution in [0.15, 0.2) is 79.0 Å². The molecule has 10 heteroatoms. The predicted molar refractivity (Wildman–Crippen MR) is 143 cm³/mol. The molecular weight excluding hydrogens is 521 g/mol. The lowest BCUT2D eigenvalue weighted by atomic mass is 9.98. The van der Waals surface area contributed by atoms with Gasteiger partial charge in [-0.3, -0.25) is 29.2 Å². The van der Waals surface area contributed by atoms with Crippen LogP contribution in [0.2, 0.25) is 0 Å². The average molecular weight is 541 g/mol. The van der Waals surface area contributed by atoms with Gasteiger partial charge in [-0.1, -0.05) is 48.5 Å². The van der Waals surface area contributed by atoms with Crippen LogP contribution in [0.3, 0.4) is 0 Å². The van der Waals surface area contributed by atoms with Crippen LogP contribution < -0.4 is 14.7 Å². The molecule has 0 atom stereocenters. The molecule has 0 N–H and O–H groups in total. The molecule has 1 aromatic heterocycles. The van der Waals surface area contributed by atoms with Gasteiger partial charge < -0.3 is 4.90 Å². The summed E-state index contributed by atoms with van der Waals surface area (Å²) in [6.45, 7) is 0.812. The van der Waals surface area contributed by atoms with Gasteiger partial charge in [-0.15, -0.1) is 0 Å². The molecule has 3 aliphatic rings. The van der Waals surface area contributed by atoms with Crippen molar-refractivity contribution in [1.29, 1.82) is 0 Å². The molecule has 3 fully saturated rings. The van der Waals surface area contributed by atoms with E-state index in [1.54, 1.807) is 39.0 Å². The van der Waals surface area contributed by atoms with Crippen LogP contribution in [0.25, 0.3) is 33.5 Å². The molecule has 198 valence electrons. The molecule has 3 saturated heterocycles. The average Bonchev–Trinajstić information content (AvgIpc) is 3.90. The third kappa shape index (κ3) is 4.17.